The predicted octanol–water partition coefficient (Wildman–Crippen LogP) is 7.54. The van der Waals surface area contributed by atoms with Crippen LogP contribution in [0.1, 0.15) is 52.6 Å². The molecule has 36 heavy (non-hydrogen) atoms. The van der Waals surface area contributed by atoms with Gasteiger partial charge in [0.2, 0.25) is 0 Å². The highest BCUT2D eigenvalue weighted by Crippen LogP contribution is 2.45. The van der Waals surface area contributed by atoms with Crippen LogP contribution in [0.4, 0.5) is 0 Å². The number of ketones is 1. The second-order valence-electron chi connectivity index (χ2n) is 8.02. The van der Waals surface area contributed by atoms with Crippen LogP contribution in [0.15, 0.2) is 60.4 Å². The van der Waals surface area contributed by atoms with E-state index in [1.807, 2.05) is 13.8 Å². The smallest absolute Gasteiger partial charge is 0.282 e. The lowest BCUT2D eigenvalue weighted by atomic mass is 10.0. The molecule has 0 saturated heterocycles. The molecule has 4 rings (SSSR count). The Balaban J connectivity index is 1.82. The molecule has 0 aliphatic carbocycles. The minimum absolute atomic E-state index is 0.0643. The quantitative estimate of drug-likeness (QED) is 0.117. The zero-order valence-corrected chi connectivity index (χ0v) is 25.8. The van der Waals surface area contributed by atoms with E-state index in [0.717, 1.165) is 21.1 Å². The third kappa shape index (κ3) is 4.74. The van der Waals surface area contributed by atoms with Crippen molar-refractivity contribution in [3.63, 3.8) is 0 Å². The number of imide groups is 1. The van der Waals surface area contributed by atoms with Crippen LogP contribution in [0.25, 0.3) is 0 Å². The highest BCUT2D eigenvalue weighted by atomic mass is 79.9. The fourth-order valence-corrected chi connectivity index (χ4v) is 6.26. The predicted molar refractivity (Wildman–Crippen MR) is 150 cm³/mol. The number of rotatable bonds is 5. The molecule has 0 atom stereocenters. The van der Waals surface area contributed by atoms with Crippen molar-refractivity contribution in [2.45, 2.75) is 13.8 Å². The van der Waals surface area contributed by atoms with E-state index in [0.29, 0.717) is 28.5 Å². The molecular formula is C25H15Br4ClN2O4. The number of benzene rings is 3. The standard InChI is InChI=1S/C25H15Br4ClN2O4/c1-11-3-4-14(9-12(11)2)16(33)10-31(23(34)13-5-7-15(30)8-6-13)32-24(35)17-18(25(32)36)20(27)22(29)21(28)19(17)26/h3-9H,10H2,1-2H3. The van der Waals surface area contributed by atoms with Gasteiger partial charge in [-0.3, -0.25) is 19.2 Å². The van der Waals surface area contributed by atoms with Crippen molar-refractivity contribution in [2.24, 2.45) is 0 Å². The van der Waals surface area contributed by atoms with Crippen molar-refractivity contribution in [1.82, 2.24) is 10.0 Å². The van der Waals surface area contributed by atoms with Gasteiger partial charge >= 0.3 is 0 Å². The maximum Gasteiger partial charge on any atom is 0.282 e. The third-order valence-electron chi connectivity index (χ3n) is 5.77. The summed E-state index contributed by atoms with van der Waals surface area (Å²) in [6, 6.07) is 11.1. The van der Waals surface area contributed by atoms with E-state index in [2.05, 4.69) is 63.7 Å². The summed E-state index contributed by atoms with van der Waals surface area (Å²) in [7, 11) is 0. The lowest BCUT2D eigenvalue weighted by molar-refractivity contribution is 0.00527. The number of fused-ring (bicyclic) bond motifs is 1. The number of Topliss-reactive ketones (excluding diaryl/α,β-unsaturated/α-hetero) is 1. The number of halogens is 5. The number of carbonyl (C=O) groups excluding carboxylic acids is 4. The summed E-state index contributed by atoms with van der Waals surface area (Å²) < 4.78 is 1.71. The topological polar surface area (TPSA) is 74.8 Å². The lowest BCUT2D eigenvalue weighted by Gasteiger charge is -2.29. The number of hydrogen-bond donors (Lipinski definition) is 0. The first kappa shape index (κ1) is 27.2. The maximum absolute atomic E-state index is 13.6. The second kappa shape index (κ2) is 10.5. The van der Waals surface area contributed by atoms with Gasteiger partial charge in [-0.1, -0.05) is 23.7 Å². The minimum Gasteiger partial charge on any atom is -0.292 e. The van der Waals surface area contributed by atoms with Crippen LogP contribution in [-0.4, -0.2) is 40.1 Å². The molecule has 3 aromatic rings. The van der Waals surface area contributed by atoms with E-state index < -0.39 is 30.0 Å². The third-order valence-corrected chi connectivity index (χ3v) is 10.8. The molecule has 0 bridgehead atoms. The Hall–Kier alpha value is -1.85. The van der Waals surface area contributed by atoms with Crippen molar-refractivity contribution in [1.29, 1.82) is 0 Å². The molecular weight excluding hydrogens is 747 g/mol. The van der Waals surface area contributed by atoms with Crippen LogP contribution < -0.4 is 0 Å². The molecule has 3 amide bonds. The largest absolute Gasteiger partial charge is 0.292 e. The van der Waals surface area contributed by atoms with Crippen LogP contribution >= 0.6 is 75.3 Å². The molecule has 6 nitrogen and oxygen atoms in total. The van der Waals surface area contributed by atoms with Gasteiger partial charge in [0.15, 0.2) is 5.78 Å². The van der Waals surface area contributed by atoms with Crippen molar-refractivity contribution in [3.8, 4) is 0 Å². The molecule has 11 heteroatoms. The van der Waals surface area contributed by atoms with Gasteiger partial charge in [0.25, 0.3) is 17.7 Å². The number of nitrogens with zero attached hydrogens (tertiary/aromatic N) is 2. The maximum atomic E-state index is 13.6. The van der Waals surface area contributed by atoms with Crippen LogP contribution in [0.2, 0.25) is 5.02 Å². The van der Waals surface area contributed by atoms with E-state index in [4.69, 9.17) is 11.6 Å². The van der Waals surface area contributed by atoms with Crippen LogP contribution in [0.5, 0.6) is 0 Å². The van der Waals surface area contributed by atoms with E-state index >= 15 is 0 Å². The molecule has 1 heterocycles. The van der Waals surface area contributed by atoms with Gasteiger partial charge in [0.1, 0.15) is 6.54 Å². The zero-order valence-electron chi connectivity index (χ0n) is 18.7. The van der Waals surface area contributed by atoms with E-state index in [9.17, 15) is 19.2 Å². The number of hydrazine groups is 1. The first-order valence-corrected chi connectivity index (χ1v) is 13.9. The average molecular weight is 762 g/mol. The van der Waals surface area contributed by atoms with Crippen molar-refractivity contribution >= 4 is 98.8 Å². The summed E-state index contributed by atoms with van der Waals surface area (Å²) in [5, 5.41) is 2.01. The first-order chi connectivity index (χ1) is 16.9. The van der Waals surface area contributed by atoms with Gasteiger partial charge in [0.05, 0.1) is 11.1 Å². The summed E-state index contributed by atoms with van der Waals surface area (Å²) in [6.45, 7) is 3.26. The van der Waals surface area contributed by atoms with Gasteiger partial charge in [-0.15, -0.1) is 0 Å². The normalized spacial score (nSPS) is 12.7. The summed E-state index contributed by atoms with van der Waals surface area (Å²) in [6.07, 6.45) is 0. The molecule has 0 saturated carbocycles. The Morgan fingerprint density at radius 1 is 0.778 bits per heavy atom. The molecule has 0 aromatic heterocycles. The van der Waals surface area contributed by atoms with Crippen molar-refractivity contribution in [3.05, 3.63) is 98.8 Å². The van der Waals surface area contributed by atoms with E-state index in [1.165, 1.54) is 24.3 Å². The highest BCUT2D eigenvalue weighted by molar-refractivity contribution is 9.15. The van der Waals surface area contributed by atoms with Crippen LogP contribution in [0.3, 0.4) is 0 Å². The molecule has 184 valence electrons. The average Bonchev–Trinajstić information content (AvgIpc) is 3.11. The Labute approximate surface area is 245 Å². The zero-order chi connectivity index (χ0) is 26.5. The Bertz CT molecular complexity index is 1430. The fraction of sp³-hybridized carbons (Fsp3) is 0.120. The first-order valence-electron chi connectivity index (χ1n) is 10.4. The van der Waals surface area contributed by atoms with Crippen molar-refractivity contribution in [2.75, 3.05) is 6.54 Å². The van der Waals surface area contributed by atoms with Crippen LogP contribution in [0, 0.1) is 13.8 Å². The Morgan fingerprint density at radius 3 is 1.78 bits per heavy atom. The minimum atomic E-state index is -0.744. The van der Waals surface area contributed by atoms with Gasteiger partial charge in [-0.2, -0.15) is 5.01 Å². The molecule has 1 aliphatic rings. The van der Waals surface area contributed by atoms with Gasteiger partial charge < -0.3 is 0 Å². The fourth-order valence-electron chi connectivity index (χ4n) is 3.67. The lowest BCUT2D eigenvalue weighted by Crippen LogP contribution is -2.51. The molecule has 0 unspecified atom stereocenters. The summed E-state index contributed by atoms with van der Waals surface area (Å²) in [5.74, 6) is -2.63. The van der Waals surface area contributed by atoms with Gasteiger partial charge in [0, 0.05) is 34.0 Å². The van der Waals surface area contributed by atoms with Crippen LogP contribution in [-0.2, 0) is 0 Å². The molecule has 0 radical (unpaired) electrons. The highest BCUT2D eigenvalue weighted by Gasteiger charge is 2.46. The second-order valence-corrected chi connectivity index (χ2v) is 11.6. The van der Waals surface area contributed by atoms with E-state index in [-0.39, 0.29) is 16.7 Å². The molecule has 0 fully saturated rings. The molecule has 0 N–H and O–H groups in total. The number of aryl methyl sites for hydroxylation is 2. The Morgan fingerprint density at radius 2 is 1.28 bits per heavy atom. The van der Waals surface area contributed by atoms with Crippen molar-refractivity contribution < 1.29 is 19.2 Å². The molecule has 0 spiro atoms. The summed E-state index contributed by atoms with van der Waals surface area (Å²) in [5.41, 5.74) is 2.55. The summed E-state index contributed by atoms with van der Waals surface area (Å²) >= 11 is 19.5. The monoisotopic (exact) mass is 758 g/mol. The summed E-state index contributed by atoms with van der Waals surface area (Å²) in [4.78, 5) is 54.1. The molecule has 3 aromatic carbocycles. The van der Waals surface area contributed by atoms with Gasteiger partial charge in [-0.05, 0) is 119 Å². The molecule has 1 aliphatic heterocycles. The van der Waals surface area contributed by atoms with E-state index in [1.54, 1.807) is 18.2 Å². The Kier molecular flexibility index (Phi) is 7.92. The SMILES string of the molecule is Cc1ccc(C(=O)CN(C(=O)c2ccc(Cl)cc2)N2C(=O)c3c(Br)c(Br)c(Br)c(Br)c3C2=O)cc1C. The number of hydrogen-bond acceptors (Lipinski definition) is 4. The number of amides is 3. The number of carbonyl (C=O) groups is 4. The van der Waals surface area contributed by atoms with Gasteiger partial charge in [-0.25, -0.2) is 5.01 Å².